The molecule has 1 heterocycles. The van der Waals surface area contributed by atoms with Crippen LogP contribution in [0.2, 0.25) is 5.02 Å². The van der Waals surface area contributed by atoms with Crippen molar-refractivity contribution in [1.29, 1.82) is 0 Å². The van der Waals surface area contributed by atoms with Crippen LogP contribution in [0.15, 0.2) is 22.7 Å². The largest absolute Gasteiger partial charge is 0.337 e. The maximum Gasteiger partial charge on any atom is 0.247 e. The topological polar surface area (TPSA) is 64.9 Å². The van der Waals surface area contributed by atoms with Gasteiger partial charge in [-0.25, -0.2) is 4.39 Å². The van der Waals surface area contributed by atoms with E-state index in [1.807, 2.05) is 0 Å². The van der Waals surface area contributed by atoms with Crippen molar-refractivity contribution < 1.29 is 8.91 Å². The average Bonchev–Trinajstić information content (AvgIpc) is 2.92. The highest BCUT2D eigenvalue weighted by molar-refractivity contribution is 6.31. The van der Waals surface area contributed by atoms with Gasteiger partial charge in [0.05, 0.1) is 10.6 Å². The smallest absolute Gasteiger partial charge is 0.247 e. The van der Waals surface area contributed by atoms with Crippen molar-refractivity contribution >= 4 is 11.6 Å². The van der Waals surface area contributed by atoms with E-state index in [1.54, 1.807) is 6.07 Å². The number of nitrogens with two attached hydrogens (primary N) is 1. The Morgan fingerprint density at radius 1 is 1.48 bits per heavy atom. The molecule has 0 spiro atoms. The van der Waals surface area contributed by atoms with Crippen LogP contribution in [-0.4, -0.2) is 10.1 Å². The molecule has 0 bridgehead atoms. The van der Waals surface area contributed by atoms with E-state index in [0.717, 1.165) is 19.3 Å². The maximum absolute atomic E-state index is 13.2. The van der Waals surface area contributed by atoms with Gasteiger partial charge in [0.15, 0.2) is 0 Å². The number of benzene rings is 1. The van der Waals surface area contributed by atoms with Crippen molar-refractivity contribution in [2.24, 2.45) is 11.7 Å². The van der Waals surface area contributed by atoms with Gasteiger partial charge in [-0.3, -0.25) is 0 Å². The number of aromatic nitrogens is 2. The Morgan fingerprint density at radius 2 is 2.29 bits per heavy atom. The molecular weight excluding hydrogens is 293 g/mol. The van der Waals surface area contributed by atoms with Crippen LogP contribution >= 0.6 is 11.6 Å². The Bertz CT molecular complexity index is 660. The summed E-state index contributed by atoms with van der Waals surface area (Å²) in [5.74, 6) is 0.902. The number of hydrogen-bond donors (Lipinski definition) is 1. The molecule has 1 fully saturated rings. The lowest BCUT2D eigenvalue weighted by Crippen LogP contribution is -2.41. The van der Waals surface area contributed by atoms with Crippen molar-refractivity contribution in [3.05, 3.63) is 34.9 Å². The standard InChI is InChI=1S/C15H17ClFN3O/c1-9-3-2-6-15(18,8-9)14-19-13(20-21-14)10-4-5-12(17)11(16)7-10/h4-5,7,9H,2-3,6,8,18H2,1H3. The third-order valence-corrected chi connectivity index (χ3v) is 4.35. The Balaban J connectivity index is 1.90. The summed E-state index contributed by atoms with van der Waals surface area (Å²) in [7, 11) is 0. The monoisotopic (exact) mass is 309 g/mol. The van der Waals surface area contributed by atoms with Crippen molar-refractivity contribution in [3.8, 4) is 11.4 Å². The first-order valence-corrected chi connectivity index (χ1v) is 7.44. The van der Waals surface area contributed by atoms with E-state index in [-0.39, 0.29) is 5.02 Å². The van der Waals surface area contributed by atoms with Crippen LogP contribution in [0.4, 0.5) is 4.39 Å². The van der Waals surface area contributed by atoms with Crippen LogP contribution < -0.4 is 5.73 Å². The molecule has 1 saturated carbocycles. The van der Waals surface area contributed by atoms with E-state index < -0.39 is 11.4 Å². The predicted molar refractivity (Wildman–Crippen MR) is 78.2 cm³/mol. The summed E-state index contributed by atoms with van der Waals surface area (Å²) >= 11 is 5.78. The third-order valence-electron chi connectivity index (χ3n) is 4.06. The molecule has 2 unspecified atom stereocenters. The summed E-state index contributed by atoms with van der Waals surface area (Å²) in [6.07, 6.45) is 3.90. The molecule has 4 nitrogen and oxygen atoms in total. The van der Waals surface area contributed by atoms with Gasteiger partial charge in [-0.2, -0.15) is 4.98 Å². The molecule has 1 aliphatic rings. The van der Waals surface area contributed by atoms with Crippen LogP contribution in [0, 0.1) is 11.7 Å². The van der Waals surface area contributed by atoms with Crippen molar-refractivity contribution in [1.82, 2.24) is 10.1 Å². The first-order valence-electron chi connectivity index (χ1n) is 7.06. The zero-order valence-corrected chi connectivity index (χ0v) is 12.5. The van der Waals surface area contributed by atoms with Gasteiger partial charge in [-0.05, 0) is 37.0 Å². The number of nitrogens with zero attached hydrogens (tertiary/aromatic N) is 2. The quantitative estimate of drug-likeness (QED) is 0.914. The Hall–Kier alpha value is -1.46. The summed E-state index contributed by atoms with van der Waals surface area (Å²) in [6.45, 7) is 2.18. The molecule has 21 heavy (non-hydrogen) atoms. The van der Waals surface area contributed by atoms with Crippen LogP contribution in [-0.2, 0) is 5.54 Å². The minimum Gasteiger partial charge on any atom is -0.337 e. The van der Waals surface area contributed by atoms with Gasteiger partial charge >= 0.3 is 0 Å². The SMILES string of the molecule is CC1CCCC(N)(c2nc(-c3ccc(F)c(Cl)c3)no2)C1. The van der Waals surface area contributed by atoms with E-state index in [0.29, 0.717) is 23.2 Å². The third kappa shape index (κ3) is 2.80. The first-order chi connectivity index (χ1) is 9.98. The first kappa shape index (κ1) is 14.5. The normalized spacial score (nSPS) is 26.0. The fourth-order valence-corrected chi connectivity index (χ4v) is 3.14. The molecule has 0 aliphatic heterocycles. The Morgan fingerprint density at radius 3 is 3.00 bits per heavy atom. The van der Waals surface area contributed by atoms with E-state index >= 15 is 0 Å². The van der Waals surface area contributed by atoms with Gasteiger partial charge < -0.3 is 10.3 Å². The highest BCUT2D eigenvalue weighted by Crippen LogP contribution is 2.37. The van der Waals surface area contributed by atoms with Crippen molar-refractivity contribution in [3.63, 3.8) is 0 Å². The second kappa shape index (κ2) is 5.39. The Kier molecular flexibility index (Phi) is 3.71. The molecular formula is C15H17ClFN3O. The molecule has 1 aliphatic carbocycles. The molecule has 3 rings (SSSR count). The van der Waals surface area contributed by atoms with Crippen LogP contribution in [0.3, 0.4) is 0 Å². The van der Waals surface area contributed by atoms with E-state index in [2.05, 4.69) is 17.1 Å². The van der Waals surface area contributed by atoms with Crippen LogP contribution in [0.25, 0.3) is 11.4 Å². The van der Waals surface area contributed by atoms with Gasteiger partial charge in [0.1, 0.15) is 5.82 Å². The average molecular weight is 310 g/mol. The fourth-order valence-electron chi connectivity index (χ4n) is 2.96. The summed E-state index contributed by atoms with van der Waals surface area (Å²) < 4.78 is 18.6. The summed E-state index contributed by atoms with van der Waals surface area (Å²) in [6, 6.07) is 4.34. The zero-order chi connectivity index (χ0) is 15.0. The molecule has 1 aromatic heterocycles. The van der Waals surface area contributed by atoms with Crippen molar-refractivity contribution in [2.75, 3.05) is 0 Å². The summed E-state index contributed by atoms with van der Waals surface area (Å²) in [5.41, 5.74) is 6.49. The van der Waals surface area contributed by atoms with Crippen LogP contribution in [0.5, 0.6) is 0 Å². The van der Waals surface area contributed by atoms with Crippen LogP contribution in [0.1, 0.15) is 38.5 Å². The molecule has 6 heteroatoms. The lowest BCUT2D eigenvalue weighted by molar-refractivity contribution is 0.183. The van der Waals surface area contributed by atoms with Gasteiger partial charge in [0, 0.05) is 5.56 Å². The lowest BCUT2D eigenvalue weighted by Gasteiger charge is -2.33. The van der Waals surface area contributed by atoms with Gasteiger partial charge in [-0.1, -0.05) is 36.5 Å². The molecule has 2 atom stereocenters. The molecule has 1 aromatic carbocycles. The maximum atomic E-state index is 13.2. The minimum atomic E-state index is -0.563. The van der Waals surface area contributed by atoms with Crippen molar-refractivity contribution in [2.45, 2.75) is 38.1 Å². The fraction of sp³-hybridized carbons (Fsp3) is 0.467. The molecule has 2 aromatic rings. The zero-order valence-electron chi connectivity index (χ0n) is 11.8. The molecule has 2 N–H and O–H groups in total. The summed E-state index contributed by atoms with van der Waals surface area (Å²) in [5, 5.41) is 3.99. The number of rotatable bonds is 2. The highest BCUT2D eigenvalue weighted by Gasteiger charge is 2.37. The minimum absolute atomic E-state index is 0.0348. The molecule has 0 amide bonds. The molecule has 112 valence electrons. The van der Waals surface area contributed by atoms with E-state index in [1.165, 1.54) is 18.6 Å². The number of halogens is 2. The van der Waals surface area contributed by atoms with Gasteiger partial charge in [0.2, 0.25) is 11.7 Å². The highest BCUT2D eigenvalue weighted by atomic mass is 35.5. The van der Waals surface area contributed by atoms with E-state index in [4.69, 9.17) is 21.9 Å². The van der Waals surface area contributed by atoms with E-state index in [9.17, 15) is 4.39 Å². The molecule has 0 saturated heterocycles. The van der Waals surface area contributed by atoms with Gasteiger partial charge in [0.25, 0.3) is 0 Å². The predicted octanol–water partition coefficient (Wildman–Crippen LogP) is 3.89. The summed E-state index contributed by atoms with van der Waals surface area (Å²) in [4.78, 5) is 4.40. The number of hydrogen-bond acceptors (Lipinski definition) is 4. The van der Waals surface area contributed by atoms with Gasteiger partial charge in [-0.15, -0.1) is 0 Å². The second-order valence-electron chi connectivity index (χ2n) is 5.91. The Labute approximate surface area is 127 Å². The second-order valence-corrected chi connectivity index (χ2v) is 6.32. The lowest BCUT2D eigenvalue weighted by atomic mass is 9.77. The molecule has 0 radical (unpaired) electrons.